The van der Waals surface area contributed by atoms with Gasteiger partial charge in [-0.25, -0.2) is 0 Å². The van der Waals surface area contributed by atoms with E-state index >= 15 is 0 Å². The number of benzene rings is 2. The minimum Gasteiger partial charge on any atom is -0.265 e. The molecule has 0 amide bonds. The summed E-state index contributed by atoms with van der Waals surface area (Å²) in [6.45, 7) is 6.34. The van der Waals surface area contributed by atoms with E-state index in [-0.39, 0.29) is 0 Å². The Morgan fingerprint density at radius 2 is 1.03 bits per heavy atom. The van der Waals surface area contributed by atoms with Crippen molar-refractivity contribution in [3.63, 3.8) is 0 Å². The molecule has 5 aromatic rings. The van der Waals surface area contributed by atoms with Crippen LogP contribution in [0.2, 0.25) is 0 Å². The molecule has 0 spiro atoms. The third kappa shape index (κ3) is 4.31. The largest absolute Gasteiger partial charge is 0.328 e. The second kappa shape index (κ2) is 8.79. The van der Waals surface area contributed by atoms with Gasteiger partial charge >= 0.3 is 5.82 Å². The number of hydrogen-bond acceptors (Lipinski definition) is 2. The molecule has 3 heteroatoms. The summed E-state index contributed by atoms with van der Waals surface area (Å²) in [6, 6.07) is 30.2. The third-order valence-electron chi connectivity index (χ3n) is 5.90. The fourth-order valence-electron chi connectivity index (χ4n) is 4.07. The number of aromatic nitrogens is 3. The zero-order valence-electron chi connectivity index (χ0n) is 19.2. The van der Waals surface area contributed by atoms with Crippen molar-refractivity contribution in [2.75, 3.05) is 0 Å². The van der Waals surface area contributed by atoms with Crippen LogP contribution in [0.15, 0.2) is 104 Å². The standard InChI is InChI=1S/C30H26N3/c1-21-4-8-25(9-5-21)28-19-27(24-13-15-31-16-14-24)20-29(26-10-6-22(2)7-11-26)33(28)30-18-23(3)12-17-32-30/h4-20H,1-3H3/q+1. The zero-order valence-corrected chi connectivity index (χ0v) is 19.2. The molecular formula is C30H26N3+. The Labute approximate surface area is 195 Å². The minimum absolute atomic E-state index is 0.905. The number of rotatable bonds is 4. The van der Waals surface area contributed by atoms with Gasteiger partial charge in [-0.2, -0.15) is 4.57 Å². The first-order valence-corrected chi connectivity index (χ1v) is 11.2. The van der Waals surface area contributed by atoms with Crippen LogP contribution in [0.4, 0.5) is 0 Å². The summed E-state index contributed by atoms with van der Waals surface area (Å²) in [6.07, 6.45) is 5.57. The summed E-state index contributed by atoms with van der Waals surface area (Å²) in [5, 5.41) is 0. The van der Waals surface area contributed by atoms with Crippen LogP contribution < -0.4 is 4.57 Å². The smallest absolute Gasteiger partial charge is 0.265 e. The average molecular weight is 429 g/mol. The minimum atomic E-state index is 0.905. The van der Waals surface area contributed by atoms with Crippen molar-refractivity contribution in [3.05, 3.63) is 120 Å². The van der Waals surface area contributed by atoms with E-state index in [2.05, 4.69) is 109 Å². The molecule has 0 atom stereocenters. The van der Waals surface area contributed by atoms with E-state index in [0.717, 1.165) is 39.5 Å². The molecule has 0 saturated heterocycles. The monoisotopic (exact) mass is 428 g/mol. The van der Waals surface area contributed by atoms with Gasteiger partial charge in [0.15, 0.2) is 0 Å². The Bertz CT molecular complexity index is 1340. The van der Waals surface area contributed by atoms with Gasteiger partial charge in [0.05, 0.1) is 0 Å². The van der Waals surface area contributed by atoms with Crippen LogP contribution in [0.1, 0.15) is 16.7 Å². The van der Waals surface area contributed by atoms with E-state index < -0.39 is 0 Å². The van der Waals surface area contributed by atoms with Gasteiger partial charge < -0.3 is 0 Å². The topological polar surface area (TPSA) is 29.7 Å². The van der Waals surface area contributed by atoms with Gasteiger partial charge in [-0.3, -0.25) is 4.98 Å². The molecule has 0 aliphatic rings. The molecule has 5 rings (SSSR count). The van der Waals surface area contributed by atoms with E-state index in [4.69, 9.17) is 4.98 Å². The van der Waals surface area contributed by atoms with Crippen LogP contribution >= 0.6 is 0 Å². The lowest BCUT2D eigenvalue weighted by Gasteiger charge is -2.15. The Balaban J connectivity index is 1.88. The molecule has 0 saturated carbocycles. The van der Waals surface area contributed by atoms with Crippen LogP contribution in [-0.4, -0.2) is 9.97 Å². The van der Waals surface area contributed by atoms with Crippen molar-refractivity contribution in [1.82, 2.24) is 9.97 Å². The Morgan fingerprint density at radius 1 is 0.485 bits per heavy atom. The van der Waals surface area contributed by atoms with Gasteiger partial charge in [-0.1, -0.05) is 59.7 Å². The summed E-state index contributed by atoms with van der Waals surface area (Å²) >= 11 is 0. The molecule has 0 bridgehead atoms. The molecule has 0 aliphatic carbocycles. The molecule has 0 unspecified atom stereocenters. The van der Waals surface area contributed by atoms with Gasteiger partial charge in [-0.15, -0.1) is 0 Å². The fraction of sp³-hybridized carbons (Fsp3) is 0.100. The van der Waals surface area contributed by atoms with Crippen molar-refractivity contribution in [1.29, 1.82) is 0 Å². The average Bonchev–Trinajstić information content (AvgIpc) is 2.85. The Hall–Kier alpha value is -4.11. The van der Waals surface area contributed by atoms with E-state index in [0.29, 0.717) is 0 Å². The Morgan fingerprint density at radius 3 is 1.55 bits per heavy atom. The van der Waals surface area contributed by atoms with E-state index in [1.54, 1.807) is 0 Å². The van der Waals surface area contributed by atoms with Crippen molar-refractivity contribution < 1.29 is 4.57 Å². The lowest BCUT2D eigenvalue weighted by molar-refractivity contribution is -0.576. The molecule has 33 heavy (non-hydrogen) atoms. The Kier molecular flexibility index (Phi) is 5.54. The molecule has 0 aliphatic heterocycles. The molecule has 0 radical (unpaired) electrons. The molecule has 2 aromatic carbocycles. The first kappa shape index (κ1) is 20.8. The quantitative estimate of drug-likeness (QED) is 0.299. The molecule has 160 valence electrons. The molecule has 3 heterocycles. The maximum atomic E-state index is 4.77. The summed E-state index contributed by atoms with van der Waals surface area (Å²) in [5.41, 5.74) is 10.4. The molecule has 3 nitrogen and oxygen atoms in total. The predicted molar refractivity (Wildman–Crippen MR) is 134 cm³/mol. The summed E-state index contributed by atoms with van der Waals surface area (Å²) in [4.78, 5) is 8.98. The van der Waals surface area contributed by atoms with Crippen LogP contribution in [-0.2, 0) is 0 Å². The molecule has 0 fully saturated rings. The third-order valence-corrected chi connectivity index (χ3v) is 5.90. The fourth-order valence-corrected chi connectivity index (χ4v) is 4.07. The highest BCUT2D eigenvalue weighted by atomic mass is 15.1. The SMILES string of the molecule is Cc1ccc(-c2cc(-c3ccncc3)cc(-c3ccc(C)cc3)[n+]2-c2cc(C)ccn2)cc1. The molecule has 3 aromatic heterocycles. The normalized spacial score (nSPS) is 10.9. The number of pyridine rings is 3. The van der Waals surface area contributed by atoms with Crippen molar-refractivity contribution in [2.45, 2.75) is 20.8 Å². The van der Waals surface area contributed by atoms with Crippen molar-refractivity contribution >= 4 is 0 Å². The van der Waals surface area contributed by atoms with Crippen LogP contribution in [0.5, 0.6) is 0 Å². The van der Waals surface area contributed by atoms with Crippen molar-refractivity contribution in [3.8, 4) is 39.5 Å². The molecular weight excluding hydrogens is 402 g/mol. The zero-order chi connectivity index (χ0) is 22.8. The van der Waals surface area contributed by atoms with Gasteiger partial charge in [0.2, 0.25) is 0 Å². The lowest BCUT2D eigenvalue weighted by Crippen LogP contribution is -2.37. The van der Waals surface area contributed by atoms with Crippen LogP contribution in [0.3, 0.4) is 0 Å². The first-order chi connectivity index (χ1) is 16.1. The predicted octanol–water partition coefficient (Wildman–Crippen LogP) is 6.68. The second-order valence-electron chi connectivity index (χ2n) is 8.51. The van der Waals surface area contributed by atoms with Crippen LogP contribution in [0.25, 0.3) is 39.5 Å². The molecule has 0 N–H and O–H groups in total. The highest BCUT2D eigenvalue weighted by molar-refractivity contribution is 5.74. The number of hydrogen-bond donors (Lipinski definition) is 0. The van der Waals surface area contributed by atoms with E-state index in [9.17, 15) is 0 Å². The van der Waals surface area contributed by atoms with E-state index in [1.807, 2.05) is 24.7 Å². The van der Waals surface area contributed by atoms with Crippen molar-refractivity contribution in [2.24, 2.45) is 0 Å². The highest BCUT2D eigenvalue weighted by Crippen LogP contribution is 2.30. The van der Waals surface area contributed by atoms with Crippen LogP contribution in [0, 0.1) is 20.8 Å². The lowest BCUT2D eigenvalue weighted by atomic mass is 9.98. The summed E-state index contributed by atoms with van der Waals surface area (Å²) in [5.74, 6) is 0.905. The van der Waals surface area contributed by atoms with Gasteiger partial charge in [0, 0.05) is 29.6 Å². The summed E-state index contributed by atoms with van der Waals surface area (Å²) in [7, 11) is 0. The number of aryl methyl sites for hydroxylation is 3. The first-order valence-electron chi connectivity index (χ1n) is 11.2. The van der Waals surface area contributed by atoms with Gasteiger partial charge in [0.1, 0.15) is 17.6 Å². The second-order valence-corrected chi connectivity index (χ2v) is 8.51. The maximum Gasteiger partial charge on any atom is 0.328 e. The highest BCUT2D eigenvalue weighted by Gasteiger charge is 2.23. The maximum absolute atomic E-state index is 4.77. The van der Waals surface area contributed by atoms with Gasteiger partial charge in [0.25, 0.3) is 0 Å². The van der Waals surface area contributed by atoms with Gasteiger partial charge in [-0.05, 0) is 72.8 Å². The summed E-state index contributed by atoms with van der Waals surface area (Å²) < 4.78 is 2.27. The van der Waals surface area contributed by atoms with E-state index in [1.165, 1.54) is 16.7 Å². The number of nitrogens with zero attached hydrogens (tertiary/aromatic N) is 3.